The van der Waals surface area contributed by atoms with Gasteiger partial charge in [0.2, 0.25) is 0 Å². The van der Waals surface area contributed by atoms with E-state index in [1.165, 1.54) is 24.3 Å². The monoisotopic (exact) mass is 470 g/mol. The van der Waals surface area contributed by atoms with Crippen LogP contribution < -0.4 is 14.8 Å². The average Bonchev–Trinajstić information content (AvgIpc) is 3.21. The topological polar surface area (TPSA) is 78.3 Å². The highest BCUT2D eigenvalue weighted by atomic mass is 19.4. The number of aromatic nitrogens is 3. The van der Waals surface area contributed by atoms with Gasteiger partial charge >= 0.3 is 6.36 Å². The van der Waals surface area contributed by atoms with Gasteiger partial charge in [0, 0.05) is 11.6 Å². The molecule has 0 aliphatic rings. The SMILES string of the molecule is CC(C)NC(=O)c1ccc2c(c1)nnn2-c1ccc(OCc2ccc(OC(F)(F)F)cc2)cc1. The highest BCUT2D eigenvalue weighted by Crippen LogP contribution is 2.24. The van der Waals surface area contributed by atoms with Crippen molar-refractivity contribution in [1.82, 2.24) is 20.3 Å². The van der Waals surface area contributed by atoms with Crippen molar-refractivity contribution in [3.05, 3.63) is 77.9 Å². The number of halogens is 3. The zero-order valence-electron chi connectivity index (χ0n) is 18.3. The molecule has 1 heterocycles. The zero-order valence-corrected chi connectivity index (χ0v) is 18.3. The minimum Gasteiger partial charge on any atom is -0.489 e. The first-order chi connectivity index (χ1) is 16.2. The molecule has 0 aliphatic heterocycles. The standard InChI is InChI=1S/C24H21F3N4O3/c1-15(2)28-23(32)17-5-12-22-21(13-17)29-30-31(22)18-6-10-19(11-7-18)33-14-16-3-8-20(9-4-16)34-24(25,26)27/h3-13,15H,14H2,1-2H3,(H,28,32). The minimum absolute atomic E-state index is 0.0300. The van der Waals surface area contributed by atoms with Gasteiger partial charge in [-0.15, -0.1) is 18.3 Å². The molecule has 0 atom stereocenters. The highest BCUT2D eigenvalue weighted by Gasteiger charge is 2.30. The summed E-state index contributed by atoms with van der Waals surface area (Å²) < 4.78 is 48.0. The predicted molar refractivity (Wildman–Crippen MR) is 119 cm³/mol. The van der Waals surface area contributed by atoms with Crippen molar-refractivity contribution >= 4 is 16.9 Å². The van der Waals surface area contributed by atoms with E-state index in [2.05, 4.69) is 20.4 Å². The zero-order chi connectivity index (χ0) is 24.3. The second-order valence-electron chi connectivity index (χ2n) is 7.81. The summed E-state index contributed by atoms with van der Waals surface area (Å²) >= 11 is 0. The molecule has 1 N–H and O–H groups in total. The van der Waals surface area contributed by atoms with E-state index < -0.39 is 6.36 Å². The van der Waals surface area contributed by atoms with Crippen LogP contribution in [0.2, 0.25) is 0 Å². The molecule has 3 aromatic carbocycles. The molecule has 0 unspecified atom stereocenters. The third-order valence-electron chi connectivity index (χ3n) is 4.77. The third-order valence-corrected chi connectivity index (χ3v) is 4.77. The van der Waals surface area contributed by atoms with Crippen LogP contribution in [0.3, 0.4) is 0 Å². The van der Waals surface area contributed by atoms with Gasteiger partial charge in [-0.2, -0.15) is 0 Å². The van der Waals surface area contributed by atoms with E-state index in [0.29, 0.717) is 22.4 Å². The van der Waals surface area contributed by atoms with Crippen LogP contribution in [0.15, 0.2) is 66.7 Å². The molecule has 0 radical (unpaired) electrons. The quantitative estimate of drug-likeness (QED) is 0.410. The maximum Gasteiger partial charge on any atom is 0.573 e. The van der Waals surface area contributed by atoms with Crippen molar-refractivity contribution in [2.75, 3.05) is 0 Å². The molecule has 0 saturated heterocycles. The molecule has 34 heavy (non-hydrogen) atoms. The second kappa shape index (κ2) is 9.42. The number of nitrogens with zero attached hydrogens (tertiary/aromatic N) is 3. The van der Waals surface area contributed by atoms with Crippen molar-refractivity contribution in [3.8, 4) is 17.2 Å². The Morgan fingerprint density at radius 1 is 1.00 bits per heavy atom. The van der Waals surface area contributed by atoms with E-state index in [1.807, 2.05) is 26.0 Å². The van der Waals surface area contributed by atoms with Crippen LogP contribution >= 0.6 is 0 Å². The van der Waals surface area contributed by atoms with Crippen LogP contribution in [-0.4, -0.2) is 33.3 Å². The Kier molecular flexibility index (Phi) is 6.40. The molecule has 7 nitrogen and oxygen atoms in total. The Balaban J connectivity index is 1.42. The summed E-state index contributed by atoms with van der Waals surface area (Å²) in [5.74, 6) is 0.125. The normalized spacial score (nSPS) is 11.6. The lowest BCUT2D eigenvalue weighted by atomic mass is 10.1. The number of hydrogen-bond acceptors (Lipinski definition) is 5. The van der Waals surface area contributed by atoms with Crippen molar-refractivity contribution in [3.63, 3.8) is 0 Å². The van der Waals surface area contributed by atoms with E-state index in [9.17, 15) is 18.0 Å². The summed E-state index contributed by atoms with van der Waals surface area (Å²) in [7, 11) is 0. The Hall–Kier alpha value is -4.08. The number of fused-ring (bicyclic) bond motifs is 1. The van der Waals surface area contributed by atoms with Gasteiger partial charge in [0.1, 0.15) is 23.6 Å². The summed E-state index contributed by atoms with van der Waals surface area (Å²) in [6.45, 7) is 3.96. The maximum absolute atomic E-state index is 12.2. The maximum atomic E-state index is 12.2. The average molecular weight is 470 g/mol. The molecule has 0 bridgehead atoms. The van der Waals surface area contributed by atoms with Crippen LogP contribution in [0.4, 0.5) is 13.2 Å². The summed E-state index contributed by atoms with van der Waals surface area (Å²) in [5.41, 5.74) is 3.29. The number of nitrogens with one attached hydrogen (secondary N) is 1. The Morgan fingerprint density at radius 2 is 1.68 bits per heavy atom. The molecule has 1 amide bonds. The number of benzene rings is 3. The van der Waals surface area contributed by atoms with Crippen molar-refractivity contribution < 1.29 is 27.4 Å². The highest BCUT2D eigenvalue weighted by molar-refractivity contribution is 5.97. The summed E-state index contributed by atoms with van der Waals surface area (Å²) in [5, 5.41) is 11.2. The minimum atomic E-state index is -4.72. The van der Waals surface area contributed by atoms with E-state index in [0.717, 1.165) is 11.2 Å². The predicted octanol–water partition coefficient (Wildman–Crippen LogP) is 5.04. The number of carbonyl (C=O) groups excluding carboxylic acids is 1. The van der Waals surface area contributed by atoms with E-state index in [-0.39, 0.29) is 24.3 Å². The van der Waals surface area contributed by atoms with Crippen LogP contribution in [0.25, 0.3) is 16.7 Å². The molecule has 1 aromatic heterocycles. The largest absolute Gasteiger partial charge is 0.573 e. The molecule has 10 heteroatoms. The molecular formula is C24H21F3N4O3. The van der Waals surface area contributed by atoms with Gasteiger partial charge in [-0.3, -0.25) is 4.79 Å². The Labute approximate surface area is 193 Å². The van der Waals surface area contributed by atoms with Crippen molar-refractivity contribution in [2.45, 2.75) is 32.9 Å². The number of rotatable bonds is 7. The molecular weight excluding hydrogens is 449 g/mol. The molecule has 0 saturated carbocycles. The smallest absolute Gasteiger partial charge is 0.489 e. The third kappa shape index (κ3) is 5.64. The van der Waals surface area contributed by atoms with Crippen LogP contribution in [0, 0.1) is 0 Å². The lowest BCUT2D eigenvalue weighted by molar-refractivity contribution is -0.274. The first kappa shape index (κ1) is 23.1. The lowest BCUT2D eigenvalue weighted by Gasteiger charge is -2.10. The van der Waals surface area contributed by atoms with Gasteiger partial charge in [0.25, 0.3) is 5.91 Å². The van der Waals surface area contributed by atoms with Crippen LogP contribution in [0.1, 0.15) is 29.8 Å². The van der Waals surface area contributed by atoms with Crippen molar-refractivity contribution in [1.29, 1.82) is 0 Å². The van der Waals surface area contributed by atoms with Crippen LogP contribution in [0.5, 0.6) is 11.5 Å². The van der Waals surface area contributed by atoms with Gasteiger partial charge < -0.3 is 14.8 Å². The van der Waals surface area contributed by atoms with Gasteiger partial charge in [-0.1, -0.05) is 17.3 Å². The summed E-state index contributed by atoms with van der Waals surface area (Å²) in [6.07, 6.45) is -4.72. The number of hydrogen-bond donors (Lipinski definition) is 1. The fourth-order valence-electron chi connectivity index (χ4n) is 3.24. The summed E-state index contributed by atoms with van der Waals surface area (Å²) in [6, 6.07) is 17.9. The van der Waals surface area contributed by atoms with Gasteiger partial charge in [-0.25, -0.2) is 4.68 Å². The van der Waals surface area contributed by atoms with Gasteiger partial charge in [0.15, 0.2) is 0 Å². The summed E-state index contributed by atoms with van der Waals surface area (Å²) in [4.78, 5) is 12.2. The number of alkyl halides is 3. The number of ether oxygens (including phenoxy) is 2. The number of carbonyl (C=O) groups is 1. The lowest BCUT2D eigenvalue weighted by Crippen LogP contribution is -2.29. The van der Waals surface area contributed by atoms with Gasteiger partial charge in [-0.05, 0) is 74.0 Å². The van der Waals surface area contributed by atoms with Crippen LogP contribution in [-0.2, 0) is 6.61 Å². The second-order valence-corrected chi connectivity index (χ2v) is 7.81. The van der Waals surface area contributed by atoms with E-state index in [1.54, 1.807) is 35.0 Å². The molecule has 0 fully saturated rings. The number of amides is 1. The molecule has 0 aliphatic carbocycles. The van der Waals surface area contributed by atoms with E-state index in [4.69, 9.17) is 4.74 Å². The fraction of sp³-hybridized carbons (Fsp3) is 0.208. The Morgan fingerprint density at radius 3 is 2.32 bits per heavy atom. The van der Waals surface area contributed by atoms with E-state index >= 15 is 0 Å². The first-order valence-corrected chi connectivity index (χ1v) is 10.4. The molecule has 4 aromatic rings. The molecule has 4 rings (SSSR count). The molecule has 0 spiro atoms. The molecule has 176 valence electrons. The fourth-order valence-corrected chi connectivity index (χ4v) is 3.24. The van der Waals surface area contributed by atoms with Gasteiger partial charge in [0.05, 0.1) is 11.2 Å². The first-order valence-electron chi connectivity index (χ1n) is 10.4. The van der Waals surface area contributed by atoms with Crippen molar-refractivity contribution in [2.24, 2.45) is 0 Å². The Bertz CT molecular complexity index is 1280.